The van der Waals surface area contributed by atoms with Crippen molar-refractivity contribution in [3.8, 4) is 0 Å². The SMILES string of the molecule is CN1CCCC1c1cn2c(n1)CCC(CO)C2. The lowest BCUT2D eigenvalue weighted by atomic mass is 10.0. The first-order valence-corrected chi connectivity index (χ1v) is 6.65. The third-order valence-electron chi connectivity index (χ3n) is 4.23. The minimum atomic E-state index is 0.302. The zero-order chi connectivity index (χ0) is 11.8. The van der Waals surface area contributed by atoms with Crippen molar-refractivity contribution in [2.24, 2.45) is 5.92 Å². The number of aromatic nitrogens is 2. The highest BCUT2D eigenvalue weighted by molar-refractivity contribution is 5.12. The van der Waals surface area contributed by atoms with Gasteiger partial charge in [0.25, 0.3) is 0 Å². The summed E-state index contributed by atoms with van der Waals surface area (Å²) in [5.74, 6) is 1.64. The van der Waals surface area contributed by atoms with Gasteiger partial charge in [-0.3, -0.25) is 4.90 Å². The normalized spacial score (nSPS) is 29.5. The molecule has 0 radical (unpaired) electrons. The summed E-state index contributed by atoms with van der Waals surface area (Å²) in [5.41, 5.74) is 1.23. The van der Waals surface area contributed by atoms with Crippen molar-refractivity contribution in [2.75, 3.05) is 20.2 Å². The lowest BCUT2D eigenvalue weighted by Gasteiger charge is -2.21. The van der Waals surface area contributed by atoms with Crippen LogP contribution in [0.25, 0.3) is 0 Å². The molecular formula is C13H21N3O. The van der Waals surface area contributed by atoms with E-state index in [4.69, 9.17) is 4.98 Å². The molecule has 4 heteroatoms. The quantitative estimate of drug-likeness (QED) is 0.837. The van der Waals surface area contributed by atoms with E-state index in [2.05, 4.69) is 22.7 Å². The fourth-order valence-corrected chi connectivity index (χ4v) is 3.13. The van der Waals surface area contributed by atoms with Crippen LogP contribution in [0.4, 0.5) is 0 Å². The number of likely N-dealkylation sites (tertiary alicyclic amines) is 1. The Balaban J connectivity index is 1.82. The van der Waals surface area contributed by atoms with Gasteiger partial charge in [-0.1, -0.05) is 0 Å². The highest BCUT2D eigenvalue weighted by Gasteiger charge is 2.27. The third kappa shape index (κ3) is 2.00. The second-order valence-electron chi connectivity index (χ2n) is 5.46. The van der Waals surface area contributed by atoms with Crippen LogP contribution in [0.5, 0.6) is 0 Å². The molecule has 1 fully saturated rings. The number of fused-ring (bicyclic) bond motifs is 1. The first-order valence-electron chi connectivity index (χ1n) is 6.65. The monoisotopic (exact) mass is 235 g/mol. The Morgan fingerprint density at radius 1 is 1.47 bits per heavy atom. The Hall–Kier alpha value is -0.870. The molecule has 17 heavy (non-hydrogen) atoms. The zero-order valence-corrected chi connectivity index (χ0v) is 10.5. The minimum absolute atomic E-state index is 0.302. The van der Waals surface area contributed by atoms with Crippen molar-refractivity contribution < 1.29 is 5.11 Å². The smallest absolute Gasteiger partial charge is 0.109 e. The molecule has 0 bridgehead atoms. The summed E-state index contributed by atoms with van der Waals surface area (Å²) in [6.07, 6.45) is 6.82. The molecule has 3 rings (SSSR count). The maximum absolute atomic E-state index is 9.24. The van der Waals surface area contributed by atoms with Crippen molar-refractivity contribution in [1.29, 1.82) is 0 Å². The molecule has 1 aromatic rings. The van der Waals surface area contributed by atoms with Gasteiger partial charge in [0.15, 0.2) is 0 Å². The van der Waals surface area contributed by atoms with E-state index in [1.54, 1.807) is 0 Å². The highest BCUT2D eigenvalue weighted by atomic mass is 16.3. The molecule has 94 valence electrons. The van der Waals surface area contributed by atoms with Gasteiger partial charge in [-0.05, 0) is 32.9 Å². The highest BCUT2D eigenvalue weighted by Crippen LogP contribution is 2.31. The number of aliphatic hydroxyl groups is 1. The van der Waals surface area contributed by atoms with Crippen molar-refractivity contribution >= 4 is 0 Å². The minimum Gasteiger partial charge on any atom is -0.396 e. The van der Waals surface area contributed by atoms with Crippen molar-refractivity contribution in [2.45, 2.75) is 38.3 Å². The van der Waals surface area contributed by atoms with Gasteiger partial charge < -0.3 is 9.67 Å². The second kappa shape index (κ2) is 4.42. The summed E-state index contributed by atoms with van der Waals surface area (Å²) >= 11 is 0. The largest absolute Gasteiger partial charge is 0.396 e. The summed E-state index contributed by atoms with van der Waals surface area (Å²) in [5, 5.41) is 9.24. The standard InChI is InChI=1S/C13H21N3O/c1-15-6-2-3-12(15)11-8-16-7-10(9-17)4-5-13(16)14-11/h8,10,12,17H,2-7,9H2,1H3. The number of aliphatic hydroxyl groups excluding tert-OH is 1. The van der Waals surface area contributed by atoms with Crippen molar-refractivity contribution in [3.63, 3.8) is 0 Å². The lowest BCUT2D eigenvalue weighted by Crippen LogP contribution is -2.22. The van der Waals surface area contributed by atoms with Crippen LogP contribution in [0.1, 0.15) is 36.8 Å². The van der Waals surface area contributed by atoms with Gasteiger partial charge in [0.1, 0.15) is 5.82 Å². The van der Waals surface area contributed by atoms with Gasteiger partial charge in [0.05, 0.1) is 11.7 Å². The summed E-state index contributed by atoms with van der Waals surface area (Å²) in [6.45, 7) is 2.43. The molecule has 1 aromatic heterocycles. The average Bonchev–Trinajstić information content (AvgIpc) is 2.93. The zero-order valence-electron chi connectivity index (χ0n) is 10.5. The van der Waals surface area contributed by atoms with E-state index in [1.807, 2.05) is 0 Å². The number of hydrogen-bond donors (Lipinski definition) is 1. The Labute approximate surface area is 102 Å². The molecule has 1 N–H and O–H groups in total. The van der Waals surface area contributed by atoms with Crippen LogP contribution >= 0.6 is 0 Å². The van der Waals surface area contributed by atoms with Crippen LogP contribution in [-0.4, -0.2) is 39.8 Å². The maximum Gasteiger partial charge on any atom is 0.109 e. The number of aryl methyl sites for hydroxylation is 1. The first kappa shape index (κ1) is 11.2. The molecule has 3 heterocycles. The second-order valence-corrected chi connectivity index (χ2v) is 5.46. The Kier molecular flexibility index (Phi) is 2.92. The topological polar surface area (TPSA) is 41.3 Å². The molecule has 1 saturated heterocycles. The van der Waals surface area contributed by atoms with Crippen molar-refractivity contribution in [3.05, 3.63) is 17.7 Å². The van der Waals surface area contributed by atoms with Crippen LogP contribution in [-0.2, 0) is 13.0 Å². The van der Waals surface area contributed by atoms with E-state index >= 15 is 0 Å². The van der Waals surface area contributed by atoms with Gasteiger partial charge in [-0.15, -0.1) is 0 Å². The molecule has 4 nitrogen and oxygen atoms in total. The van der Waals surface area contributed by atoms with Gasteiger partial charge in [0, 0.05) is 31.7 Å². The summed E-state index contributed by atoms with van der Waals surface area (Å²) in [7, 11) is 2.19. The first-order chi connectivity index (χ1) is 8.28. The molecule has 2 aliphatic rings. The summed E-state index contributed by atoms with van der Waals surface area (Å²) < 4.78 is 2.26. The van der Waals surface area contributed by atoms with Gasteiger partial charge in [-0.2, -0.15) is 0 Å². The molecule has 2 atom stereocenters. The molecular weight excluding hydrogens is 214 g/mol. The fraction of sp³-hybridized carbons (Fsp3) is 0.769. The van der Waals surface area contributed by atoms with Gasteiger partial charge in [-0.25, -0.2) is 4.98 Å². The fourth-order valence-electron chi connectivity index (χ4n) is 3.13. The number of imidazole rings is 1. The van der Waals surface area contributed by atoms with Gasteiger partial charge >= 0.3 is 0 Å². The molecule has 2 unspecified atom stereocenters. The molecule has 0 aliphatic carbocycles. The van der Waals surface area contributed by atoms with Crippen LogP contribution in [0.15, 0.2) is 6.20 Å². The summed E-state index contributed by atoms with van der Waals surface area (Å²) in [6, 6.07) is 0.515. The number of hydrogen-bond acceptors (Lipinski definition) is 3. The third-order valence-corrected chi connectivity index (χ3v) is 4.23. The Bertz CT molecular complexity index is 401. The average molecular weight is 235 g/mol. The molecule has 0 saturated carbocycles. The Morgan fingerprint density at radius 2 is 2.35 bits per heavy atom. The van der Waals surface area contributed by atoms with E-state index in [-0.39, 0.29) is 0 Å². The van der Waals surface area contributed by atoms with Gasteiger partial charge in [0.2, 0.25) is 0 Å². The van der Waals surface area contributed by atoms with Crippen LogP contribution in [0, 0.1) is 5.92 Å². The van der Waals surface area contributed by atoms with Crippen LogP contribution in [0.3, 0.4) is 0 Å². The molecule has 0 amide bonds. The van der Waals surface area contributed by atoms with E-state index in [1.165, 1.54) is 30.9 Å². The molecule has 0 aromatic carbocycles. The van der Waals surface area contributed by atoms with E-state index in [0.717, 1.165) is 19.4 Å². The Morgan fingerprint density at radius 3 is 3.06 bits per heavy atom. The van der Waals surface area contributed by atoms with E-state index < -0.39 is 0 Å². The number of rotatable bonds is 2. The van der Waals surface area contributed by atoms with E-state index in [9.17, 15) is 5.11 Å². The molecule has 0 spiro atoms. The van der Waals surface area contributed by atoms with Crippen LogP contribution in [0.2, 0.25) is 0 Å². The predicted octanol–water partition coefficient (Wildman–Crippen LogP) is 1.20. The van der Waals surface area contributed by atoms with Crippen LogP contribution < -0.4 is 0 Å². The predicted molar refractivity (Wildman–Crippen MR) is 65.7 cm³/mol. The van der Waals surface area contributed by atoms with E-state index in [0.29, 0.717) is 18.6 Å². The maximum atomic E-state index is 9.24. The molecule has 2 aliphatic heterocycles. The summed E-state index contributed by atoms with van der Waals surface area (Å²) in [4.78, 5) is 7.19. The van der Waals surface area contributed by atoms with Crippen molar-refractivity contribution in [1.82, 2.24) is 14.5 Å². The lowest BCUT2D eigenvalue weighted by molar-refractivity contribution is 0.190. The number of nitrogens with zero attached hydrogens (tertiary/aromatic N) is 3.